The van der Waals surface area contributed by atoms with Crippen LogP contribution in [-0.2, 0) is 17.5 Å². The molecule has 0 spiro atoms. The summed E-state index contributed by atoms with van der Waals surface area (Å²) in [6.07, 6.45) is -4.87. The summed E-state index contributed by atoms with van der Waals surface area (Å²) < 4.78 is 53.9. The van der Waals surface area contributed by atoms with E-state index in [1.165, 1.54) is 24.1 Å². The maximum Gasteiger partial charge on any atom is 0.435 e. The van der Waals surface area contributed by atoms with Gasteiger partial charge in [-0.3, -0.25) is 9.69 Å². The molecule has 1 aliphatic rings. The smallest absolute Gasteiger partial charge is 0.435 e. The third-order valence-corrected chi connectivity index (χ3v) is 8.82. The monoisotopic (exact) mass is 743 g/mol. The second-order valence-corrected chi connectivity index (χ2v) is 14.1. The van der Waals surface area contributed by atoms with Gasteiger partial charge in [-0.2, -0.15) is 18.3 Å². The summed E-state index contributed by atoms with van der Waals surface area (Å²) in [6, 6.07) is 23.8. The summed E-state index contributed by atoms with van der Waals surface area (Å²) in [5.74, 6) is -0.218. The summed E-state index contributed by atoms with van der Waals surface area (Å²) in [6.45, 7) is 5.42. The largest absolute Gasteiger partial charge is 0.496 e. The molecule has 282 valence electrons. The Kier molecular flexibility index (Phi) is 10.6. The van der Waals surface area contributed by atoms with Crippen LogP contribution in [0.25, 0.3) is 16.5 Å². The Morgan fingerprint density at radius 2 is 1.70 bits per heavy atom. The number of anilines is 1. The first-order valence-corrected chi connectivity index (χ1v) is 17.3. The van der Waals surface area contributed by atoms with Crippen LogP contribution < -0.4 is 15.4 Å². The molecule has 5 aromatic rings. The molecule has 3 N–H and O–H groups in total. The lowest BCUT2D eigenvalue weighted by Crippen LogP contribution is -2.36. The van der Waals surface area contributed by atoms with Gasteiger partial charge in [0, 0.05) is 30.4 Å². The highest BCUT2D eigenvalue weighted by atomic mass is 19.4. The van der Waals surface area contributed by atoms with E-state index in [4.69, 9.17) is 9.47 Å². The number of amides is 3. The first kappa shape index (κ1) is 37.7. The van der Waals surface area contributed by atoms with Crippen molar-refractivity contribution in [2.24, 2.45) is 5.92 Å². The van der Waals surface area contributed by atoms with E-state index in [1.54, 1.807) is 63.2 Å². The Morgan fingerprint density at radius 1 is 0.963 bits per heavy atom. The van der Waals surface area contributed by atoms with Gasteiger partial charge in [0.1, 0.15) is 17.0 Å². The van der Waals surface area contributed by atoms with Crippen LogP contribution in [-0.4, -0.2) is 57.1 Å². The molecule has 1 aliphatic carbocycles. The Bertz CT molecular complexity index is 2190. The molecule has 0 saturated heterocycles. The summed E-state index contributed by atoms with van der Waals surface area (Å²) in [5, 5.41) is 21.3. The number of carbonyl (C=O) groups excluding carboxylic acids is 2. The molecule has 14 heteroatoms. The number of benzene rings is 4. The van der Waals surface area contributed by atoms with E-state index >= 15 is 0 Å². The van der Waals surface area contributed by atoms with E-state index < -0.39 is 47.3 Å². The molecular formula is C40H40F3N5O6. The van der Waals surface area contributed by atoms with Gasteiger partial charge in [0.2, 0.25) is 0 Å². The number of aromatic nitrogens is 2. The van der Waals surface area contributed by atoms with Gasteiger partial charge >= 0.3 is 18.4 Å². The number of halogens is 3. The lowest BCUT2D eigenvalue weighted by Gasteiger charge is -2.32. The van der Waals surface area contributed by atoms with E-state index in [0.717, 1.165) is 28.3 Å². The number of carboxylic acid groups (broad SMARTS) is 1. The molecule has 6 rings (SSSR count). The van der Waals surface area contributed by atoms with Crippen molar-refractivity contribution in [3.63, 3.8) is 0 Å². The van der Waals surface area contributed by atoms with Crippen LogP contribution >= 0.6 is 0 Å². The van der Waals surface area contributed by atoms with Crippen LogP contribution in [0.1, 0.15) is 72.5 Å². The van der Waals surface area contributed by atoms with Gasteiger partial charge in [-0.1, -0.05) is 54.6 Å². The minimum Gasteiger partial charge on any atom is -0.496 e. The summed E-state index contributed by atoms with van der Waals surface area (Å²) in [7, 11) is 1.51. The lowest BCUT2D eigenvalue weighted by molar-refractivity contribution is -0.141. The molecular weight excluding hydrogens is 703 g/mol. The molecule has 1 saturated carbocycles. The zero-order valence-electron chi connectivity index (χ0n) is 30.1. The zero-order valence-corrected chi connectivity index (χ0v) is 30.1. The van der Waals surface area contributed by atoms with Crippen molar-refractivity contribution < 1.29 is 42.1 Å². The van der Waals surface area contributed by atoms with Crippen LogP contribution in [0.2, 0.25) is 0 Å². The number of alkyl halides is 3. The van der Waals surface area contributed by atoms with Crippen molar-refractivity contribution in [1.29, 1.82) is 0 Å². The van der Waals surface area contributed by atoms with E-state index in [1.807, 2.05) is 30.3 Å². The second kappa shape index (κ2) is 15.1. The fourth-order valence-electron chi connectivity index (χ4n) is 6.26. The quantitative estimate of drug-likeness (QED) is 0.123. The molecule has 1 unspecified atom stereocenters. The number of fused-ring (bicyclic) bond motifs is 1. The topological polar surface area (TPSA) is 135 Å². The third-order valence-electron chi connectivity index (χ3n) is 8.82. The van der Waals surface area contributed by atoms with Crippen molar-refractivity contribution >= 4 is 34.6 Å². The molecule has 1 fully saturated rings. The first-order valence-electron chi connectivity index (χ1n) is 17.3. The second-order valence-electron chi connectivity index (χ2n) is 14.1. The highest BCUT2D eigenvalue weighted by Crippen LogP contribution is 2.43. The number of carbonyl (C=O) groups is 3. The van der Waals surface area contributed by atoms with Gasteiger partial charge in [0.15, 0.2) is 5.69 Å². The van der Waals surface area contributed by atoms with Gasteiger partial charge in [-0.25, -0.2) is 14.3 Å². The fourth-order valence-corrected chi connectivity index (χ4v) is 6.26. The third kappa shape index (κ3) is 8.76. The highest BCUT2D eigenvalue weighted by Gasteiger charge is 2.37. The molecule has 3 amide bonds. The lowest BCUT2D eigenvalue weighted by atomic mass is 9.91. The number of ether oxygens (including phenoxy) is 2. The van der Waals surface area contributed by atoms with E-state index in [-0.39, 0.29) is 30.4 Å². The van der Waals surface area contributed by atoms with Crippen molar-refractivity contribution in [3.05, 3.63) is 119 Å². The number of hydrogen-bond donors (Lipinski definition) is 3. The summed E-state index contributed by atoms with van der Waals surface area (Å²) in [5.41, 5.74) is -0.394. The number of hydrogen-bond acceptors (Lipinski definition) is 6. The van der Waals surface area contributed by atoms with E-state index in [2.05, 4.69) is 15.7 Å². The number of nitrogens with one attached hydrogen (secondary N) is 2. The van der Waals surface area contributed by atoms with Crippen LogP contribution in [0.3, 0.4) is 0 Å². The first-order chi connectivity index (χ1) is 25.6. The molecule has 54 heavy (non-hydrogen) atoms. The van der Waals surface area contributed by atoms with Gasteiger partial charge in [-0.15, -0.1) is 0 Å². The highest BCUT2D eigenvalue weighted by molar-refractivity contribution is 6.03. The number of methoxy groups -OCH3 is 1. The molecule has 1 heterocycles. The number of rotatable bonds is 11. The van der Waals surface area contributed by atoms with E-state index in [0.29, 0.717) is 28.5 Å². The van der Waals surface area contributed by atoms with Crippen LogP contribution in [0.5, 0.6) is 5.75 Å². The average Bonchev–Trinajstić information content (AvgIpc) is 3.82. The average molecular weight is 744 g/mol. The Morgan fingerprint density at radius 3 is 2.39 bits per heavy atom. The molecule has 0 bridgehead atoms. The molecule has 0 aliphatic heterocycles. The Hall–Kier alpha value is -6.05. The van der Waals surface area contributed by atoms with Crippen molar-refractivity contribution in [3.8, 4) is 11.4 Å². The van der Waals surface area contributed by atoms with Crippen molar-refractivity contribution in [2.75, 3.05) is 19.0 Å². The van der Waals surface area contributed by atoms with Gasteiger partial charge < -0.3 is 25.2 Å². The summed E-state index contributed by atoms with van der Waals surface area (Å²) in [4.78, 5) is 40.4. The molecule has 0 radical (unpaired) electrons. The van der Waals surface area contributed by atoms with Gasteiger partial charge in [0.25, 0.3) is 5.91 Å². The Balaban J connectivity index is 1.36. The maximum absolute atomic E-state index is 14.0. The predicted octanol–water partition coefficient (Wildman–Crippen LogP) is 8.81. The normalized spacial score (nSPS) is 13.6. The number of alkyl carbamates (subject to hydrolysis) is 1. The van der Waals surface area contributed by atoms with E-state index in [9.17, 15) is 32.7 Å². The summed E-state index contributed by atoms with van der Waals surface area (Å²) >= 11 is 0. The molecule has 4 aromatic carbocycles. The minimum atomic E-state index is -4.86. The van der Waals surface area contributed by atoms with Crippen molar-refractivity contribution in [2.45, 2.75) is 58.0 Å². The van der Waals surface area contributed by atoms with Crippen LogP contribution in [0, 0.1) is 5.92 Å². The van der Waals surface area contributed by atoms with Gasteiger partial charge in [-0.05, 0) is 91.8 Å². The zero-order chi connectivity index (χ0) is 38.8. The van der Waals surface area contributed by atoms with Crippen LogP contribution in [0.15, 0.2) is 91.0 Å². The predicted molar refractivity (Wildman–Crippen MR) is 196 cm³/mol. The molecule has 11 nitrogen and oxygen atoms in total. The SMILES string of the molecule is COc1ccc2ccccc2c1C(c1cccc(NC(=O)c2cc(C(F)(F)F)nn2-c2cccc(CNC(=O)OC(C)(C)C)c2)c1)N(CC1CC1)C(=O)O. The Labute approximate surface area is 309 Å². The standard InChI is InChI=1S/C40H40F3N5O6/c1-39(2,3)54-37(50)44-22-25-9-7-13-29(19-25)48-31(21-33(46-48)40(41,42)43)36(49)45-28-12-8-11-27(20-28)35(47(38(51)52)23-24-15-16-24)34-30-14-6-5-10-26(30)17-18-32(34)53-4/h5-14,17-21,24,35H,15-16,22-23H2,1-4H3,(H,44,50)(H,45,49)(H,51,52). The van der Waals surface area contributed by atoms with Crippen LogP contribution in [0.4, 0.5) is 28.4 Å². The molecule has 1 aromatic heterocycles. The van der Waals surface area contributed by atoms with Gasteiger partial charge in [0.05, 0.1) is 18.8 Å². The van der Waals surface area contributed by atoms with Crippen molar-refractivity contribution in [1.82, 2.24) is 20.0 Å². The number of nitrogens with zero attached hydrogens (tertiary/aromatic N) is 3. The maximum atomic E-state index is 14.0. The molecule has 1 atom stereocenters. The minimum absolute atomic E-state index is 0.00122. The fraction of sp³-hybridized carbons (Fsp3) is 0.300.